The molecule has 3 rings (SSSR count). The summed E-state index contributed by atoms with van der Waals surface area (Å²) in [7, 11) is 3.00. The van der Waals surface area contributed by atoms with E-state index in [4.69, 9.17) is 0 Å². The van der Waals surface area contributed by atoms with Crippen molar-refractivity contribution in [3.05, 3.63) is 109 Å². The van der Waals surface area contributed by atoms with Crippen molar-refractivity contribution in [1.29, 1.82) is 0 Å². The van der Waals surface area contributed by atoms with Gasteiger partial charge in [0.15, 0.2) is 0 Å². The van der Waals surface area contributed by atoms with Crippen LogP contribution in [0.15, 0.2) is 84.9 Å². The Labute approximate surface area is 198 Å². The quantitative estimate of drug-likeness (QED) is 0.495. The van der Waals surface area contributed by atoms with Gasteiger partial charge in [0.2, 0.25) is 0 Å². The second-order valence-electron chi connectivity index (χ2n) is 3.16. The monoisotopic (exact) mass is 470 g/mol. The molecule has 3 aromatic rings. The third-order valence-electron chi connectivity index (χ3n) is 1.77. The van der Waals surface area contributed by atoms with E-state index in [2.05, 4.69) is 35.7 Å². The fourth-order valence-corrected chi connectivity index (χ4v) is 0.987. The van der Waals surface area contributed by atoms with Crippen molar-refractivity contribution in [3.63, 3.8) is 0 Å². The largest absolute Gasteiger partial charge is 0.359 e. The molecule has 0 aromatic heterocycles. The Morgan fingerprint density at radius 2 is 0.708 bits per heavy atom. The first-order valence-electron chi connectivity index (χ1n) is 6.80. The van der Waals surface area contributed by atoms with Gasteiger partial charge in [0, 0.05) is 65.4 Å². The Kier molecular flexibility index (Phi) is 44.9. The molecule has 4 N–H and O–H groups in total. The zero-order valence-corrected chi connectivity index (χ0v) is 20.1. The van der Waals surface area contributed by atoms with Crippen molar-refractivity contribution < 1.29 is 65.4 Å². The van der Waals surface area contributed by atoms with Crippen LogP contribution in [0, 0.1) is 24.3 Å². The minimum atomic E-state index is 0. The van der Waals surface area contributed by atoms with Crippen molar-refractivity contribution >= 4 is 0 Å². The van der Waals surface area contributed by atoms with Gasteiger partial charge in [-0.2, -0.15) is 72.8 Å². The predicted octanol–water partition coefficient (Wildman–Crippen LogP) is 3.41. The molecule has 0 aliphatic heterocycles. The fourth-order valence-electron chi connectivity index (χ4n) is 0.987. The maximum atomic E-state index is 4.50. The third kappa shape index (κ3) is 29.8. The maximum Gasteiger partial charge on any atom is 0 e. The zero-order valence-electron chi connectivity index (χ0n) is 14.4. The van der Waals surface area contributed by atoms with Gasteiger partial charge < -0.3 is 29.7 Å². The molecule has 0 saturated heterocycles. The summed E-state index contributed by atoms with van der Waals surface area (Å²) in [5.74, 6) is 0. The van der Waals surface area contributed by atoms with Crippen LogP contribution in [0.2, 0.25) is 0 Å². The van der Waals surface area contributed by atoms with Crippen LogP contribution in [0.3, 0.4) is 0 Å². The van der Waals surface area contributed by atoms with E-state index in [1.54, 1.807) is 6.07 Å². The molecule has 0 aliphatic carbocycles. The topological polar surface area (TPSA) is 52.0 Å². The van der Waals surface area contributed by atoms with Gasteiger partial charge in [-0.3, -0.25) is 18.2 Å². The molecular formula is C20H24N2Y2-4. The average molecular weight is 470 g/mol. The van der Waals surface area contributed by atoms with E-state index in [1.807, 2.05) is 78.9 Å². The molecule has 0 saturated carbocycles. The van der Waals surface area contributed by atoms with Crippen LogP contribution >= 0.6 is 0 Å². The normalized spacial score (nSPS) is 6.50. The molecule has 0 amide bonds. The van der Waals surface area contributed by atoms with Crippen molar-refractivity contribution in [1.82, 2.24) is 0 Å². The Morgan fingerprint density at radius 1 is 0.417 bits per heavy atom. The van der Waals surface area contributed by atoms with Crippen molar-refractivity contribution in [3.8, 4) is 0 Å². The summed E-state index contributed by atoms with van der Waals surface area (Å²) in [4.78, 5) is 0. The average Bonchev–Trinajstić information content (AvgIpc) is 2.70. The number of hydrogen-bond donors (Lipinski definition) is 2. The standard InChI is InChI=1S/2C6H5.C6H4.2CH5N.2Y/c3*1-2-4-6-5-3-1;2*1-2;;/h2*1-5H;1-3,6H;2*2H2,1H3;;/q2*-1;-2;;;;. The molecule has 4 heteroatoms. The SMILES string of the molecule is CN.CN.[Y].[Y].[c-]1c[c-]ccc1.[c-]1ccccc1.[c-]1ccccc1. The number of rotatable bonds is 0. The molecule has 24 heavy (non-hydrogen) atoms. The minimum Gasteiger partial charge on any atom is -0.359 e. The van der Waals surface area contributed by atoms with Crippen molar-refractivity contribution in [2.75, 3.05) is 14.1 Å². The van der Waals surface area contributed by atoms with E-state index >= 15 is 0 Å². The Morgan fingerprint density at radius 3 is 0.792 bits per heavy atom. The third-order valence-corrected chi connectivity index (χ3v) is 1.77. The molecule has 0 bridgehead atoms. The van der Waals surface area contributed by atoms with E-state index < -0.39 is 0 Å². The first kappa shape index (κ1) is 31.5. The van der Waals surface area contributed by atoms with Crippen LogP contribution in [0.25, 0.3) is 0 Å². The van der Waals surface area contributed by atoms with Crippen LogP contribution in [0.1, 0.15) is 0 Å². The van der Waals surface area contributed by atoms with Gasteiger partial charge in [-0.05, 0) is 14.1 Å². The second kappa shape index (κ2) is 34.2. The molecule has 0 atom stereocenters. The first-order valence-corrected chi connectivity index (χ1v) is 6.80. The fraction of sp³-hybridized carbons (Fsp3) is 0.100. The van der Waals surface area contributed by atoms with E-state index in [0.717, 1.165) is 0 Å². The van der Waals surface area contributed by atoms with Gasteiger partial charge in [0.05, 0.1) is 0 Å². The van der Waals surface area contributed by atoms with Crippen LogP contribution in [0.5, 0.6) is 0 Å². The van der Waals surface area contributed by atoms with E-state index in [-0.39, 0.29) is 65.4 Å². The first-order chi connectivity index (χ1) is 11.0. The zero-order chi connectivity index (χ0) is 16.7. The van der Waals surface area contributed by atoms with Gasteiger partial charge in [-0.1, -0.05) is 0 Å². The minimum absolute atomic E-state index is 0. The summed E-state index contributed by atoms with van der Waals surface area (Å²) in [6.45, 7) is 0. The van der Waals surface area contributed by atoms with E-state index in [0.29, 0.717) is 0 Å². The summed E-state index contributed by atoms with van der Waals surface area (Å²) in [5.41, 5.74) is 9.00. The molecule has 0 unspecified atom stereocenters. The number of nitrogens with two attached hydrogens (primary N) is 2. The molecule has 3 aromatic carbocycles. The molecule has 0 aliphatic rings. The molecule has 2 radical (unpaired) electrons. The van der Waals surface area contributed by atoms with E-state index in [9.17, 15) is 0 Å². The summed E-state index contributed by atoms with van der Waals surface area (Å²) in [6, 6.07) is 38.0. The van der Waals surface area contributed by atoms with E-state index in [1.165, 1.54) is 14.1 Å². The smallest absolute Gasteiger partial charge is 0 e. The molecule has 0 spiro atoms. The van der Waals surface area contributed by atoms with Gasteiger partial charge in [0.1, 0.15) is 0 Å². The molecule has 2 nitrogen and oxygen atoms in total. The van der Waals surface area contributed by atoms with Gasteiger partial charge >= 0.3 is 0 Å². The summed E-state index contributed by atoms with van der Waals surface area (Å²) in [6.07, 6.45) is 0. The van der Waals surface area contributed by atoms with Gasteiger partial charge in [-0.25, -0.2) is 0 Å². The van der Waals surface area contributed by atoms with Crippen LogP contribution in [0.4, 0.5) is 0 Å². The maximum absolute atomic E-state index is 4.50. The molecule has 0 fully saturated rings. The summed E-state index contributed by atoms with van der Waals surface area (Å²) in [5, 5.41) is 0. The van der Waals surface area contributed by atoms with Crippen LogP contribution in [-0.4, -0.2) is 14.1 Å². The number of benzene rings is 3. The van der Waals surface area contributed by atoms with Crippen LogP contribution < -0.4 is 11.5 Å². The molecule has 124 valence electrons. The van der Waals surface area contributed by atoms with Crippen molar-refractivity contribution in [2.45, 2.75) is 0 Å². The van der Waals surface area contributed by atoms with Gasteiger partial charge in [-0.15, -0.1) is 0 Å². The summed E-state index contributed by atoms with van der Waals surface area (Å²) >= 11 is 0. The Bertz CT molecular complexity index is 310. The number of hydrogen-bond acceptors (Lipinski definition) is 2. The molecule has 0 heterocycles. The summed E-state index contributed by atoms with van der Waals surface area (Å²) < 4.78 is 0. The van der Waals surface area contributed by atoms with Crippen molar-refractivity contribution in [2.24, 2.45) is 11.5 Å². The molecular weight excluding hydrogens is 446 g/mol. The second-order valence-corrected chi connectivity index (χ2v) is 3.16. The van der Waals surface area contributed by atoms with Crippen LogP contribution in [-0.2, 0) is 65.4 Å². The van der Waals surface area contributed by atoms with Gasteiger partial charge in [0.25, 0.3) is 0 Å². The predicted molar refractivity (Wildman–Crippen MR) is 94.9 cm³/mol. The Hall–Kier alpha value is -0.212. The Balaban J connectivity index is -0.000000109.